The number of hydrogen-bond donors (Lipinski definition) is 1. The van der Waals surface area contributed by atoms with E-state index in [9.17, 15) is 4.79 Å². The van der Waals surface area contributed by atoms with Gasteiger partial charge in [0.25, 0.3) is 0 Å². The first kappa shape index (κ1) is 14.4. The first-order valence-electron chi connectivity index (χ1n) is 6.26. The van der Waals surface area contributed by atoms with Gasteiger partial charge in [0.15, 0.2) is 0 Å². The van der Waals surface area contributed by atoms with E-state index in [0.717, 1.165) is 26.2 Å². The lowest BCUT2D eigenvalue weighted by molar-refractivity contribution is -0.129. The Balaban J connectivity index is 2.55. The van der Waals surface area contributed by atoms with Crippen molar-refractivity contribution in [2.45, 2.75) is 25.9 Å². The fourth-order valence-electron chi connectivity index (χ4n) is 2.02. The molecule has 1 heterocycles. The van der Waals surface area contributed by atoms with Crippen molar-refractivity contribution in [2.24, 2.45) is 0 Å². The summed E-state index contributed by atoms with van der Waals surface area (Å²) in [4.78, 5) is 16.6. The van der Waals surface area contributed by atoms with Crippen LogP contribution in [0.1, 0.15) is 13.8 Å². The zero-order chi connectivity index (χ0) is 12.8. The van der Waals surface area contributed by atoms with Crippen molar-refractivity contribution in [1.29, 1.82) is 0 Å². The van der Waals surface area contributed by atoms with Crippen LogP contribution >= 0.6 is 0 Å². The normalized spacial score (nSPS) is 20.5. The number of piperazine rings is 1. The first-order valence-corrected chi connectivity index (χ1v) is 6.26. The van der Waals surface area contributed by atoms with Crippen molar-refractivity contribution in [3.05, 3.63) is 0 Å². The van der Waals surface area contributed by atoms with Gasteiger partial charge in [-0.3, -0.25) is 9.69 Å². The average Bonchev–Trinajstić information content (AvgIpc) is 2.26. The molecule has 0 saturated carbocycles. The summed E-state index contributed by atoms with van der Waals surface area (Å²) in [6.45, 7) is 8.29. The Hall–Kier alpha value is -0.650. The summed E-state index contributed by atoms with van der Waals surface area (Å²) in [7, 11) is 3.75. The van der Waals surface area contributed by atoms with Crippen LogP contribution in [0.5, 0.6) is 0 Å². The van der Waals surface area contributed by atoms with Crippen LogP contribution in [-0.2, 0) is 9.53 Å². The number of nitrogens with one attached hydrogen (secondary N) is 1. The number of ether oxygens (including phenoxy) is 1. The standard InChI is InChI=1S/C12H25N3O2/c1-10(2)13-12(16)11(9-17-4)15-7-5-14(3)6-8-15/h10-11H,5-9H2,1-4H3,(H,13,16)/t11-/m1/s1. The number of amides is 1. The van der Waals surface area contributed by atoms with Crippen molar-refractivity contribution in [2.75, 3.05) is 46.9 Å². The van der Waals surface area contributed by atoms with Crippen LogP contribution in [0.25, 0.3) is 0 Å². The molecular weight excluding hydrogens is 218 g/mol. The molecule has 1 rings (SSSR count). The maximum atomic E-state index is 12.1. The molecule has 1 N–H and O–H groups in total. The molecule has 0 aliphatic carbocycles. The SMILES string of the molecule is COC[C@H](C(=O)NC(C)C)N1CCN(C)CC1. The summed E-state index contributed by atoms with van der Waals surface area (Å²) in [6, 6.07) is 0.0189. The molecule has 5 nitrogen and oxygen atoms in total. The van der Waals surface area contributed by atoms with Crippen LogP contribution in [0.2, 0.25) is 0 Å². The second kappa shape index (κ2) is 6.93. The molecule has 0 aromatic carbocycles. The van der Waals surface area contributed by atoms with Gasteiger partial charge in [-0.05, 0) is 20.9 Å². The number of rotatable bonds is 5. The van der Waals surface area contributed by atoms with E-state index in [-0.39, 0.29) is 18.0 Å². The minimum Gasteiger partial charge on any atom is -0.383 e. The third-order valence-electron chi connectivity index (χ3n) is 3.04. The zero-order valence-corrected chi connectivity index (χ0v) is 11.4. The molecule has 0 aromatic heterocycles. The summed E-state index contributed by atoms with van der Waals surface area (Å²) in [5.74, 6) is 0.0754. The maximum Gasteiger partial charge on any atom is 0.239 e. The maximum absolute atomic E-state index is 12.1. The second-order valence-corrected chi connectivity index (χ2v) is 4.97. The van der Waals surface area contributed by atoms with Crippen LogP contribution in [0.15, 0.2) is 0 Å². The Morgan fingerprint density at radius 1 is 1.29 bits per heavy atom. The van der Waals surface area contributed by atoms with Gasteiger partial charge in [-0.2, -0.15) is 0 Å². The van der Waals surface area contributed by atoms with Gasteiger partial charge in [0.1, 0.15) is 6.04 Å². The Morgan fingerprint density at radius 3 is 2.35 bits per heavy atom. The lowest BCUT2D eigenvalue weighted by atomic mass is 10.2. The van der Waals surface area contributed by atoms with Gasteiger partial charge < -0.3 is 15.0 Å². The zero-order valence-electron chi connectivity index (χ0n) is 11.4. The number of hydrogen-bond acceptors (Lipinski definition) is 4. The molecule has 0 aromatic rings. The summed E-state index contributed by atoms with van der Waals surface area (Å²) >= 11 is 0. The predicted octanol–water partition coefficient (Wildman–Crippen LogP) is -0.227. The molecule has 0 unspecified atom stereocenters. The number of carbonyl (C=O) groups excluding carboxylic acids is 1. The Kier molecular flexibility index (Phi) is 5.88. The number of likely N-dealkylation sites (N-methyl/N-ethyl adjacent to an activating group) is 1. The predicted molar refractivity (Wildman–Crippen MR) is 68.0 cm³/mol. The lowest BCUT2D eigenvalue weighted by Crippen LogP contribution is -2.56. The van der Waals surface area contributed by atoms with E-state index >= 15 is 0 Å². The van der Waals surface area contributed by atoms with Crippen LogP contribution in [0, 0.1) is 0 Å². The van der Waals surface area contributed by atoms with E-state index < -0.39 is 0 Å². The van der Waals surface area contributed by atoms with E-state index in [1.165, 1.54) is 0 Å². The molecule has 1 atom stereocenters. The topological polar surface area (TPSA) is 44.8 Å². The fourth-order valence-corrected chi connectivity index (χ4v) is 2.02. The van der Waals surface area contributed by atoms with E-state index in [1.54, 1.807) is 7.11 Å². The van der Waals surface area contributed by atoms with Gasteiger partial charge in [0, 0.05) is 39.3 Å². The fraction of sp³-hybridized carbons (Fsp3) is 0.917. The summed E-state index contributed by atoms with van der Waals surface area (Å²) in [6.07, 6.45) is 0. The highest BCUT2D eigenvalue weighted by Crippen LogP contribution is 2.06. The molecule has 1 fully saturated rings. The van der Waals surface area contributed by atoms with E-state index in [0.29, 0.717) is 6.61 Å². The van der Waals surface area contributed by atoms with Crippen LogP contribution in [0.4, 0.5) is 0 Å². The molecule has 100 valence electrons. The highest BCUT2D eigenvalue weighted by molar-refractivity contribution is 5.82. The molecule has 5 heteroatoms. The van der Waals surface area contributed by atoms with Crippen LogP contribution in [0.3, 0.4) is 0 Å². The third-order valence-corrected chi connectivity index (χ3v) is 3.04. The lowest BCUT2D eigenvalue weighted by Gasteiger charge is -2.37. The molecule has 0 radical (unpaired) electrons. The number of carbonyl (C=O) groups is 1. The van der Waals surface area contributed by atoms with Crippen molar-refractivity contribution < 1.29 is 9.53 Å². The van der Waals surface area contributed by atoms with Gasteiger partial charge in [-0.15, -0.1) is 0 Å². The molecule has 1 aliphatic heterocycles. The van der Waals surface area contributed by atoms with Gasteiger partial charge in [0.05, 0.1) is 6.61 Å². The summed E-state index contributed by atoms with van der Waals surface area (Å²) < 4.78 is 5.17. The molecular formula is C12H25N3O2. The first-order chi connectivity index (χ1) is 8.04. The minimum atomic E-state index is -0.156. The molecule has 0 spiro atoms. The smallest absolute Gasteiger partial charge is 0.239 e. The summed E-state index contributed by atoms with van der Waals surface area (Å²) in [5, 5.41) is 2.96. The molecule has 17 heavy (non-hydrogen) atoms. The van der Waals surface area contributed by atoms with Gasteiger partial charge in [0.2, 0.25) is 5.91 Å². The molecule has 1 amide bonds. The Morgan fingerprint density at radius 2 is 1.88 bits per heavy atom. The van der Waals surface area contributed by atoms with Crippen LogP contribution in [-0.4, -0.2) is 74.7 Å². The monoisotopic (exact) mass is 243 g/mol. The van der Waals surface area contributed by atoms with E-state index in [2.05, 4.69) is 22.2 Å². The average molecular weight is 243 g/mol. The van der Waals surface area contributed by atoms with E-state index in [1.807, 2.05) is 13.8 Å². The largest absolute Gasteiger partial charge is 0.383 e. The van der Waals surface area contributed by atoms with Crippen molar-refractivity contribution >= 4 is 5.91 Å². The van der Waals surface area contributed by atoms with E-state index in [4.69, 9.17) is 4.74 Å². The summed E-state index contributed by atoms with van der Waals surface area (Å²) in [5.41, 5.74) is 0. The highest BCUT2D eigenvalue weighted by atomic mass is 16.5. The van der Waals surface area contributed by atoms with Gasteiger partial charge >= 0.3 is 0 Å². The van der Waals surface area contributed by atoms with Gasteiger partial charge in [-0.1, -0.05) is 0 Å². The minimum absolute atomic E-state index is 0.0754. The van der Waals surface area contributed by atoms with Crippen molar-refractivity contribution in [1.82, 2.24) is 15.1 Å². The molecule has 1 saturated heterocycles. The third kappa shape index (κ3) is 4.61. The second-order valence-electron chi connectivity index (χ2n) is 4.97. The Labute approximate surface area is 104 Å². The number of methoxy groups -OCH3 is 1. The number of nitrogens with zero attached hydrogens (tertiary/aromatic N) is 2. The molecule has 1 aliphatic rings. The van der Waals surface area contributed by atoms with Crippen LogP contribution < -0.4 is 5.32 Å². The highest BCUT2D eigenvalue weighted by Gasteiger charge is 2.28. The molecule has 0 bridgehead atoms. The quantitative estimate of drug-likeness (QED) is 0.725. The van der Waals surface area contributed by atoms with Gasteiger partial charge in [-0.25, -0.2) is 0 Å². The Bertz CT molecular complexity index is 238. The van der Waals surface area contributed by atoms with Crippen molar-refractivity contribution in [3.8, 4) is 0 Å². The van der Waals surface area contributed by atoms with Crippen molar-refractivity contribution in [3.63, 3.8) is 0 Å².